The Balaban J connectivity index is 0.00000400. The first-order valence-electron chi connectivity index (χ1n) is 8.32. The second-order valence-corrected chi connectivity index (χ2v) is 6.32. The van der Waals surface area contributed by atoms with Gasteiger partial charge in [0.15, 0.2) is 5.96 Å². The minimum Gasteiger partial charge on any atom is -0.356 e. The number of unbranched alkanes of at least 4 members (excludes halogenated alkanes) is 1. The predicted octanol–water partition coefficient (Wildman–Crippen LogP) is 2.94. The highest BCUT2D eigenvalue weighted by Gasteiger charge is 2.20. The largest absolute Gasteiger partial charge is 0.356 e. The maximum atomic E-state index is 4.30. The van der Waals surface area contributed by atoms with Crippen LogP contribution in [0, 0.1) is 11.8 Å². The Morgan fingerprint density at radius 3 is 2.62 bits per heavy atom. The summed E-state index contributed by atoms with van der Waals surface area (Å²) in [5, 5.41) is 6.89. The summed E-state index contributed by atoms with van der Waals surface area (Å²) in [5.41, 5.74) is 0. The molecule has 0 aromatic carbocycles. The Kier molecular flexibility index (Phi) is 12.5. The fraction of sp³-hybridized carbons (Fsp3) is 0.938. The quantitative estimate of drug-likeness (QED) is 0.280. The van der Waals surface area contributed by atoms with Gasteiger partial charge < -0.3 is 15.5 Å². The van der Waals surface area contributed by atoms with Gasteiger partial charge in [0, 0.05) is 26.7 Å². The van der Waals surface area contributed by atoms with Crippen molar-refractivity contribution in [1.82, 2.24) is 15.5 Å². The number of guanidine groups is 1. The van der Waals surface area contributed by atoms with Gasteiger partial charge in [-0.2, -0.15) is 0 Å². The highest BCUT2D eigenvalue weighted by Crippen LogP contribution is 2.14. The van der Waals surface area contributed by atoms with Crippen LogP contribution in [0.1, 0.15) is 46.5 Å². The number of hydrogen-bond acceptors (Lipinski definition) is 2. The van der Waals surface area contributed by atoms with Crippen LogP contribution in [0.5, 0.6) is 0 Å². The van der Waals surface area contributed by atoms with Gasteiger partial charge in [0.05, 0.1) is 0 Å². The number of aliphatic imine (C=N–C) groups is 1. The Labute approximate surface area is 148 Å². The Bertz CT molecular complexity index is 281. The molecular weight excluding hydrogens is 375 g/mol. The molecule has 0 aliphatic carbocycles. The molecule has 0 amide bonds. The minimum absolute atomic E-state index is 0. The fourth-order valence-electron chi connectivity index (χ4n) is 2.71. The Hall–Kier alpha value is -0.0400. The van der Waals surface area contributed by atoms with E-state index in [1.807, 2.05) is 7.05 Å². The van der Waals surface area contributed by atoms with Gasteiger partial charge in [0.2, 0.25) is 0 Å². The average molecular weight is 410 g/mol. The molecule has 0 aromatic rings. The van der Waals surface area contributed by atoms with Crippen LogP contribution in [-0.2, 0) is 0 Å². The lowest BCUT2D eigenvalue weighted by atomic mass is 10.1. The topological polar surface area (TPSA) is 39.7 Å². The summed E-state index contributed by atoms with van der Waals surface area (Å²) in [5.74, 6) is 2.55. The molecule has 0 saturated carbocycles. The predicted molar refractivity (Wildman–Crippen MR) is 104 cm³/mol. The molecular formula is C16H35IN4. The third-order valence-corrected chi connectivity index (χ3v) is 4.10. The monoisotopic (exact) mass is 410 g/mol. The van der Waals surface area contributed by atoms with Crippen LogP contribution in [0.4, 0.5) is 0 Å². The van der Waals surface area contributed by atoms with Crippen molar-refractivity contribution >= 4 is 29.9 Å². The van der Waals surface area contributed by atoms with Gasteiger partial charge in [-0.05, 0) is 37.8 Å². The molecule has 0 radical (unpaired) electrons. The molecule has 126 valence electrons. The average Bonchev–Trinajstić information content (AvgIpc) is 2.89. The van der Waals surface area contributed by atoms with Crippen LogP contribution in [-0.4, -0.2) is 50.6 Å². The van der Waals surface area contributed by atoms with Crippen molar-refractivity contribution < 1.29 is 0 Å². The second kappa shape index (κ2) is 12.5. The van der Waals surface area contributed by atoms with Crippen molar-refractivity contribution in [1.29, 1.82) is 0 Å². The van der Waals surface area contributed by atoms with E-state index in [4.69, 9.17) is 0 Å². The second-order valence-electron chi connectivity index (χ2n) is 6.32. The van der Waals surface area contributed by atoms with E-state index < -0.39 is 0 Å². The summed E-state index contributed by atoms with van der Waals surface area (Å²) in [6.45, 7) is 12.6. The van der Waals surface area contributed by atoms with Crippen LogP contribution < -0.4 is 10.6 Å². The molecule has 1 fully saturated rings. The van der Waals surface area contributed by atoms with Gasteiger partial charge in [0.25, 0.3) is 0 Å². The first kappa shape index (κ1) is 21.0. The van der Waals surface area contributed by atoms with Crippen molar-refractivity contribution in [2.24, 2.45) is 16.8 Å². The van der Waals surface area contributed by atoms with Crippen LogP contribution in [0.25, 0.3) is 0 Å². The highest BCUT2D eigenvalue weighted by atomic mass is 127. The van der Waals surface area contributed by atoms with E-state index in [-0.39, 0.29) is 24.0 Å². The summed E-state index contributed by atoms with van der Waals surface area (Å²) < 4.78 is 0. The van der Waals surface area contributed by atoms with Crippen molar-refractivity contribution in [3.63, 3.8) is 0 Å². The summed E-state index contributed by atoms with van der Waals surface area (Å²) in [4.78, 5) is 6.82. The van der Waals surface area contributed by atoms with Crippen molar-refractivity contribution in [2.75, 3.05) is 39.8 Å². The summed E-state index contributed by atoms with van der Waals surface area (Å²) in [6.07, 6.45) is 5.16. The van der Waals surface area contributed by atoms with E-state index in [2.05, 4.69) is 41.3 Å². The molecule has 0 aromatic heterocycles. The SMILES string of the molecule is CCN1CCC(CNC(=NC)NCCCCC(C)C)C1.I. The molecule has 1 aliphatic heterocycles. The molecule has 1 aliphatic rings. The van der Waals surface area contributed by atoms with Crippen molar-refractivity contribution in [2.45, 2.75) is 46.5 Å². The van der Waals surface area contributed by atoms with Crippen LogP contribution in [0.2, 0.25) is 0 Å². The molecule has 1 heterocycles. The van der Waals surface area contributed by atoms with Crippen LogP contribution in [0.15, 0.2) is 4.99 Å². The molecule has 5 heteroatoms. The number of hydrogen-bond donors (Lipinski definition) is 2. The van der Waals surface area contributed by atoms with Gasteiger partial charge in [0.1, 0.15) is 0 Å². The molecule has 21 heavy (non-hydrogen) atoms. The van der Waals surface area contributed by atoms with E-state index >= 15 is 0 Å². The van der Waals surface area contributed by atoms with E-state index in [1.54, 1.807) is 0 Å². The molecule has 1 saturated heterocycles. The van der Waals surface area contributed by atoms with Crippen molar-refractivity contribution in [3.05, 3.63) is 0 Å². The molecule has 1 atom stereocenters. The third kappa shape index (κ3) is 9.55. The number of rotatable bonds is 8. The summed E-state index contributed by atoms with van der Waals surface area (Å²) >= 11 is 0. The first-order chi connectivity index (χ1) is 9.65. The van der Waals surface area contributed by atoms with Gasteiger partial charge in [-0.15, -0.1) is 24.0 Å². The number of likely N-dealkylation sites (tertiary alicyclic amines) is 1. The maximum absolute atomic E-state index is 4.30. The van der Waals surface area contributed by atoms with E-state index in [0.717, 1.165) is 30.9 Å². The van der Waals surface area contributed by atoms with Crippen LogP contribution >= 0.6 is 24.0 Å². The molecule has 2 N–H and O–H groups in total. The normalized spacial score (nSPS) is 19.7. The first-order valence-corrected chi connectivity index (χ1v) is 8.32. The van der Waals surface area contributed by atoms with Gasteiger partial charge in [-0.3, -0.25) is 4.99 Å². The zero-order chi connectivity index (χ0) is 14.8. The smallest absolute Gasteiger partial charge is 0.190 e. The van der Waals surface area contributed by atoms with Gasteiger partial charge in [-0.1, -0.05) is 33.6 Å². The molecule has 1 rings (SSSR count). The number of nitrogens with zero attached hydrogens (tertiary/aromatic N) is 2. The molecule has 0 spiro atoms. The Morgan fingerprint density at radius 2 is 2.05 bits per heavy atom. The zero-order valence-electron chi connectivity index (χ0n) is 14.3. The number of halogens is 1. The van der Waals surface area contributed by atoms with Gasteiger partial charge >= 0.3 is 0 Å². The van der Waals surface area contributed by atoms with E-state index in [0.29, 0.717) is 0 Å². The number of nitrogens with one attached hydrogen (secondary N) is 2. The minimum atomic E-state index is 0. The fourth-order valence-corrected chi connectivity index (χ4v) is 2.71. The lowest BCUT2D eigenvalue weighted by Gasteiger charge is -2.16. The summed E-state index contributed by atoms with van der Waals surface area (Å²) in [7, 11) is 1.86. The standard InChI is InChI=1S/C16H34N4.HI/c1-5-20-11-9-15(13-20)12-19-16(17-4)18-10-7-6-8-14(2)3;/h14-15H,5-13H2,1-4H3,(H2,17,18,19);1H. The van der Waals surface area contributed by atoms with Crippen molar-refractivity contribution in [3.8, 4) is 0 Å². The zero-order valence-corrected chi connectivity index (χ0v) is 16.7. The lowest BCUT2D eigenvalue weighted by molar-refractivity contribution is 0.342. The molecule has 0 bridgehead atoms. The maximum Gasteiger partial charge on any atom is 0.190 e. The Morgan fingerprint density at radius 1 is 1.29 bits per heavy atom. The van der Waals surface area contributed by atoms with E-state index in [9.17, 15) is 0 Å². The third-order valence-electron chi connectivity index (χ3n) is 4.10. The lowest BCUT2D eigenvalue weighted by Crippen LogP contribution is -2.40. The highest BCUT2D eigenvalue weighted by molar-refractivity contribution is 14.0. The van der Waals surface area contributed by atoms with Crippen LogP contribution in [0.3, 0.4) is 0 Å². The summed E-state index contributed by atoms with van der Waals surface area (Å²) in [6, 6.07) is 0. The van der Waals surface area contributed by atoms with Gasteiger partial charge in [-0.25, -0.2) is 0 Å². The molecule has 1 unspecified atom stereocenters. The molecule has 4 nitrogen and oxygen atoms in total. The van der Waals surface area contributed by atoms with E-state index in [1.165, 1.54) is 45.3 Å².